The smallest absolute Gasteiger partial charge is 0.222 e. The van der Waals surface area contributed by atoms with E-state index in [4.69, 9.17) is 18.9 Å². The fraction of sp³-hybridized carbons (Fsp3) is 0.487. The van der Waals surface area contributed by atoms with Crippen LogP contribution in [-0.2, 0) is 21.0 Å². The van der Waals surface area contributed by atoms with Gasteiger partial charge < -0.3 is 40.0 Å². The SMILES string of the molecule is Cc1cc(=O)c2cc3c(c([NH+]4C=C5N=CC=C5C4)c2o1)O[C@](C)(CC[C@H]1CNC(=O)C1)[C@H](OOC[C@H](O)[C@](O)(C[NH+]1CC=C2N=CC=C21)[C@H](O)[C@H](O)CO)C3. The number of nitrogens with one attached hydrogen (secondary N) is 3. The van der Waals surface area contributed by atoms with Crippen molar-refractivity contribution in [1.29, 1.82) is 0 Å². The van der Waals surface area contributed by atoms with Crippen LogP contribution < -0.4 is 25.3 Å². The quantitative estimate of drug-likeness (QED) is 0.0775. The first-order valence-corrected chi connectivity index (χ1v) is 18.7. The van der Waals surface area contributed by atoms with E-state index >= 15 is 0 Å². The molecule has 9 atom stereocenters. The number of amides is 1. The van der Waals surface area contributed by atoms with E-state index in [2.05, 4.69) is 15.3 Å². The van der Waals surface area contributed by atoms with E-state index < -0.39 is 48.8 Å². The number of carbonyl (C=O) groups excluding carboxylic acids is 1. The topological polar surface area (TPSA) is 222 Å². The first kappa shape index (κ1) is 37.6. The van der Waals surface area contributed by atoms with E-state index in [1.165, 1.54) is 6.07 Å². The number of aliphatic hydroxyl groups excluding tert-OH is 4. The largest absolute Gasteiger partial charge is 0.478 e. The molecule has 2 unspecified atom stereocenters. The van der Waals surface area contributed by atoms with Gasteiger partial charge in [-0.05, 0) is 44.7 Å². The molecule has 8 N–H and O–H groups in total. The molecular weight excluding hydrogens is 714 g/mol. The van der Waals surface area contributed by atoms with Crippen LogP contribution in [0.1, 0.15) is 37.5 Å². The monoisotopic (exact) mass is 761 g/mol. The highest BCUT2D eigenvalue weighted by molar-refractivity contribution is 5.90. The number of allylic oxidation sites excluding steroid dienone is 2. The summed E-state index contributed by atoms with van der Waals surface area (Å²) in [6.45, 7) is 3.42. The van der Waals surface area contributed by atoms with Crippen molar-refractivity contribution < 1.29 is 59.1 Å². The van der Waals surface area contributed by atoms with Crippen molar-refractivity contribution in [1.82, 2.24) is 5.32 Å². The van der Waals surface area contributed by atoms with Crippen LogP contribution in [0, 0.1) is 12.8 Å². The van der Waals surface area contributed by atoms with Gasteiger partial charge in [-0.2, -0.15) is 0 Å². The first-order valence-electron chi connectivity index (χ1n) is 18.7. The first-order chi connectivity index (χ1) is 26.4. The third-order valence-electron chi connectivity index (χ3n) is 11.7. The van der Waals surface area contributed by atoms with Crippen LogP contribution in [0.25, 0.3) is 11.0 Å². The molecule has 1 amide bonds. The standard InChI is InChI=1S/C39H45N5O11/c1-21-11-29(46)25-13-24-14-32(55-52-19-31(48)39(51,37(50)30(47)18-45)20-43-10-6-26-28(43)5-9-40-26)38(2,7-3-22-12-33(49)42-15-22)54-35(24)34(36(25)53-21)44-16-23-4-8-41-27(23)17-44/h4-6,8-9,11,13,17,22,30-32,37,45,47-48,50-51H,3,7,10,12,14-16,18-20H2,1-2H3,(H,42,49)/p+2/t22-,30-,31+,32-,37-,38-,39-/m1/s1. The van der Waals surface area contributed by atoms with E-state index in [0.717, 1.165) is 27.6 Å². The van der Waals surface area contributed by atoms with Gasteiger partial charge in [-0.15, -0.1) is 0 Å². The second-order valence-corrected chi connectivity index (χ2v) is 15.6. The van der Waals surface area contributed by atoms with Crippen LogP contribution in [0.3, 0.4) is 0 Å². The van der Waals surface area contributed by atoms with Crippen LogP contribution in [0.2, 0.25) is 0 Å². The normalized spacial score (nSPS) is 29.1. The molecule has 0 aliphatic carbocycles. The van der Waals surface area contributed by atoms with E-state index in [-0.39, 0.29) is 30.2 Å². The van der Waals surface area contributed by atoms with Gasteiger partial charge in [0.1, 0.15) is 79.6 Å². The van der Waals surface area contributed by atoms with E-state index in [1.807, 2.05) is 25.3 Å². The zero-order chi connectivity index (χ0) is 38.6. The van der Waals surface area contributed by atoms with Gasteiger partial charge in [0.05, 0.1) is 12.0 Å². The molecule has 6 aliphatic rings. The molecule has 1 aromatic carbocycles. The van der Waals surface area contributed by atoms with Crippen LogP contribution in [0.4, 0.5) is 5.69 Å². The lowest BCUT2D eigenvalue weighted by atomic mass is 9.83. The summed E-state index contributed by atoms with van der Waals surface area (Å²) in [5.41, 5.74) is 1.51. The van der Waals surface area contributed by atoms with E-state index in [0.29, 0.717) is 77.5 Å². The van der Waals surface area contributed by atoms with E-state index in [9.17, 15) is 35.1 Å². The Kier molecular flexibility index (Phi) is 9.98. The molecule has 0 bridgehead atoms. The molecule has 0 radical (unpaired) electrons. The highest BCUT2D eigenvalue weighted by atomic mass is 17.2. The molecule has 8 rings (SSSR count). The van der Waals surface area contributed by atoms with Crippen LogP contribution in [-0.4, -0.2) is 119 Å². The van der Waals surface area contributed by atoms with Gasteiger partial charge in [0.15, 0.2) is 22.5 Å². The molecule has 2 aromatic rings. The molecule has 6 aliphatic heterocycles. The second-order valence-electron chi connectivity index (χ2n) is 15.6. The van der Waals surface area contributed by atoms with Gasteiger partial charge in [-0.1, -0.05) is 0 Å². The van der Waals surface area contributed by atoms with Gasteiger partial charge in [0.2, 0.25) is 17.2 Å². The van der Waals surface area contributed by atoms with Crippen molar-refractivity contribution in [2.45, 2.75) is 75.1 Å². The number of aliphatic hydroxyl groups is 5. The van der Waals surface area contributed by atoms with Crippen molar-refractivity contribution in [3.8, 4) is 5.75 Å². The summed E-state index contributed by atoms with van der Waals surface area (Å²) in [5, 5.41) is 57.6. The minimum Gasteiger partial charge on any atom is -0.478 e. The summed E-state index contributed by atoms with van der Waals surface area (Å²) < 4.78 is 13.2. The highest BCUT2D eigenvalue weighted by Crippen LogP contribution is 2.45. The maximum atomic E-state index is 13.4. The Bertz CT molecular complexity index is 2140. The van der Waals surface area contributed by atoms with Gasteiger partial charge in [-0.25, -0.2) is 9.78 Å². The summed E-state index contributed by atoms with van der Waals surface area (Å²) in [6, 6.07) is 3.19. The minimum absolute atomic E-state index is 0.0111. The molecule has 7 heterocycles. The Balaban J connectivity index is 1.09. The minimum atomic E-state index is -2.35. The lowest BCUT2D eigenvalue weighted by Crippen LogP contribution is -3.11. The number of fused-ring (bicyclic) bond motifs is 4. The Morgan fingerprint density at radius 2 is 1.93 bits per heavy atom. The molecule has 292 valence electrons. The Labute approximate surface area is 315 Å². The average Bonchev–Trinajstić information content (AvgIpc) is 4.00. The third-order valence-corrected chi connectivity index (χ3v) is 11.7. The number of quaternary nitrogens is 2. The Morgan fingerprint density at radius 3 is 2.69 bits per heavy atom. The van der Waals surface area contributed by atoms with Gasteiger partial charge in [0.25, 0.3) is 0 Å². The van der Waals surface area contributed by atoms with Crippen molar-refractivity contribution in [2.24, 2.45) is 15.9 Å². The van der Waals surface area contributed by atoms with Crippen molar-refractivity contribution >= 4 is 35.0 Å². The van der Waals surface area contributed by atoms with Crippen LogP contribution >= 0.6 is 0 Å². The number of benzene rings is 1. The van der Waals surface area contributed by atoms with E-state index in [1.54, 1.807) is 31.5 Å². The number of hydrogen-bond acceptors (Lipinski definition) is 13. The molecule has 55 heavy (non-hydrogen) atoms. The number of hydrogen-bond donors (Lipinski definition) is 8. The highest BCUT2D eigenvalue weighted by Gasteiger charge is 2.52. The average molecular weight is 762 g/mol. The molecule has 1 fully saturated rings. The zero-order valence-electron chi connectivity index (χ0n) is 30.7. The summed E-state index contributed by atoms with van der Waals surface area (Å²) in [5.74, 6) is 1.07. The van der Waals surface area contributed by atoms with Gasteiger partial charge in [-0.3, -0.25) is 29.4 Å². The third kappa shape index (κ3) is 6.92. The molecule has 0 saturated carbocycles. The maximum Gasteiger partial charge on any atom is 0.222 e. The van der Waals surface area contributed by atoms with Crippen molar-refractivity contribution in [3.05, 3.63) is 80.8 Å². The molecular formula is C39H47N5O11+2. The number of carbonyl (C=O) groups is 1. The van der Waals surface area contributed by atoms with Crippen LogP contribution in [0.5, 0.6) is 5.75 Å². The Hall–Kier alpha value is -4.36. The van der Waals surface area contributed by atoms with Crippen LogP contribution in [0.15, 0.2) is 78.4 Å². The fourth-order valence-electron chi connectivity index (χ4n) is 8.49. The summed E-state index contributed by atoms with van der Waals surface area (Å²) in [4.78, 5) is 47.6. The number of aryl methyl sites for hydroxylation is 1. The molecule has 1 saturated heterocycles. The zero-order valence-corrected chi connectivity index (χ0v) is 30.7. The van der Waals surface area contributed by atoms with Crippen molar-refractivity contribution in [3.63, 3.8) is 0 Å². The molecule has 16 heteroatoms. The lowest BCUT2D eigenvalue weighted by molar-refractivity contribution is -0.856. The lowest BCUT2D eigenvalue weighted by Gasteiger charge is -2.42. The summed E-state index contributed by atoms with van der Waals surface area (Å²) in [7, 11) is 0. The van der Waals surface area contributed by atoms with Gasteiger partial charge in [0, 0.05) is 61.2 Å². The number of rotatable bonds is 14. The predicted octanol–water partition coefficient (Wildman–Crippen LogP) is -2.03. The molecule has 1 aromatic heterocycles. The fourth-order valence-corrected chi connectivity index (χ4v) is 8.49. The van der Waals surface area contributed by atoms with Crippen molar-refractivity contribution in [2.75, 3.05) is 39.4 Å². The Morgan fingerprint density at radius 1 is 1.13 bits per heavy atom. The number of nitrogens with zero attached hydrogens (tertiary/aromatic N) is 2. The van der Waals surface area contributed by atoms with Gasteiger partial charge >= 0.3 is 0 Å². The predicted molar refractivity (Wildman–Crippen MR) is 197 cm³/mol. The molecule has 16 nitrogen and oxygen atoms in total. The molecule has 0 spiro atoms. The number of aliphatic imine (C=N–C) groups is 2. The summed E-state index contributed by atoms with van der Waals surface area (Å²) >= 11 is 0. The number of ether oxygens (including phenoxy) is 1. The maximum absolute atomic E-state index is 13.4. The second kappa shape index (κ2) is 14.6. The summed E-state index contributed by atoms with van der Waals surface area (Å²) in [6.07, 6.45) is 6.34.